The molecule has 0 spiro atoms. The molecular formula is C16H19IN2O9Zn. The average Bonchev–Trinajstić information content (AvgIpc) is 2.96. The molecule has 1 aliphatic heterocycles. The Labute approximate surface area is 186 Å². The summed E-state index contributed by atoms with van der Waals surface area (Å²) in [5.41, 5.74) is -1.41. The van der Waals surface area contributed by atoms with Crippen LogP contribution in [0.4, 0.5) is 0 Å². The van der Waals surface area contributed by atoms with E-state index in [9.17, 15) is 24.0 Å². The van der Waals surface area contributed by atoms with Crippen LogP contribution >= 0.6 is 19.8 Å². The summed E-state index contributed by atoms with van der Waals surface area (Å²) in [5.74, 6) is -1.99. The monoisotopic (exact) mass is 574 g/mol. The molecule has 2 rings (SSSR count). The summed E-state index contributed by atoms with van der Waals surface area (Å²) in [4.78, 5) is 58.1. The number of halogens is 1. The Balaban J connectivity index is 0.00000204. The van der Waals surface area contributed by atoms with Crippen molar-refractivity contribution in [3.05, 3.63) is 33.1 Å². The molecule has 0 bridgehead atoms. The van der Waals surface area contributed by atoms with E-state index in [1.807, 2.05) is 0 Å². The van der Waals surface area contributed by atoms with Crippen molar-refractivity contribution in [2.24, 2.45) is 7.05 Å². The van der Waals surface area contributed by atoms with Crippen LogP contribution in [0.1, 0.15) is 27.0 Å². The number of rotatable bonds is 5. The van der Waals surface area contributed by atoms with Gasteiger partial charge in [-0.15, -0.1) is 0 Å². The Morgan fingerprint density at radius 3 is 2.17 bits per heavy atom. The molecule has 4 atom stereocenters. The number of nitrogens with zero attached hydrogens (tertiary/aromatic N) is 2. The molecule has 0 aromatic carbocycles. The fourth-order valence-corrected chi connectivity index (χ4v) is 2.64. The van der Waals surface area contributed by atoms with Gasteiger partial charge < -0.3 is 34.4 Å². The normalized spacial score (nSPS) is 22.9. The fraction of sp³-hybridized carbons (Fsp3) is 0.562. The van der Waals surface area contributed by atoms with E-state index < -0.39 is 53.7 Å². The van der Waals surface area contributed by atoms with Gasteiger partial charge in [0.25, 0.3) is 0 Å². The Hall–Kier alpha value is -1.60. The first kappa shape index (κ1) is 25.4. The van der Waals surface area contributed by atoms with E-state index in [4.69, 9.17) is 18.9 Å². The molecule has 0 unspecified atom stereocenters. The van der Waals surface area contributed by atoms with Gasteiger partial charge in [-0.05, 0) is 0 Å². The van der Waals surface area contributed by atoms with Crippen molar-refractivity contribution in [1.29, 1.82) is 0 Å². The first-order chi connectivity index (χ1) is 13.6. The first-order valence-corrected chi connectivity index (χ1v) is 17.3. The first-order valence-electron chi connectivity index (χ1n) is 8.21. The van der Waals surface area contributed by atoms with Crippen LogP contribution < -0.4 is 11.2 Å². The second kappa shape index (κ2) is 11.6. The Kier molecular flexibility index (Phi) is 10.1. The number of aromatic nitrogens is 2. The van der Waals surface area contributed by atoms with Crippen molar-refractivity contribution in [2.45, 2.75) is 45.3 Å². The van der Waals surface area contributed by atoms with E-state index in [2.05, 4.69) is 25.8 Å². The van der Waals surface area contributed by atoms with Gasteiger partial charge in [-0.2, -0.15) is 6.20 Å². The van der Waals surface area contributed by atoms with Crippen molar-refractivity contribution < 1.29 is 48.1 Å². The van der Waals surface area contributed by atoms with Crippen LogP contribution in [-0.2, 0) is 55.2 Å². The minimum atomic E-state index is -1.23. The molecule has 2 heterocycles. The zero-order valence-electron chi connectivity index (χ0n) is 16.2. The number of esters is 3. The van der Waals surface area contributed by atoms with Gasteiger partial charge in [-0.1, -0.05) is 0 Å². The topological polar surface area (TPSA) is 132 Å². The summed E-state index contributed by atoms with van der Waals surface area (Å²) in [6.07, 6.45) is -3.52. The Morgan fingerprint density at radius 1 is 1.10 bits per heavy atom. The molecule has 0 saturated carbocycles. The molecule has 13 heteroatoms. The number of carbonyl (C=O) groups is 3. The summed E-state index contributed by atoms with van der Waals surface area (Å²) < 4.78 is 22.8. The van der Waals surface area contributed by atoms with Crippen LogP contribution in [0.2, 0.25) is 0 Å². The molecule has 1 saturated heterocycles. The van der Waals surface area contributed by atoms with Gasteiger partial charge in [0.2, 0.25) is 0 Å². The molecule has 0 amide bonds. The third-order valence-electron chi connectivity index (χ3n) is 3.75. The SMILES string of the molecule is CC(=O)OC[C@H]1O[C@@H](n2c[c-]c(=O)n(C)c2=O)[C@H](OC(C)=O)[C@@H]1OC(C)=O.[Zn+][I]. The molecule has 1 aromatic heterocycles. The summed E-state index contributed by atoms with van der Waals surface area (Å²) in [5, 5.41) is 0. The van der Waals surface area contributed by atoms with Crippen LogP contribution in [0, 0.1) is 6.07 Å². The maximum absolute atomic E-state index is 12.4. The van der Waals surface area contributed by atoms with Gasteiger partial charge in [0.15, 0.2) is 18.4 Å². The van der Waals surface area contributed by atoms with Crippen LogP contribution in [0.15, 0.2) is 15.8 Å². The molecule has 0 radical (unpaired) electrons. The Morgan fingerprint density at radius 2 is 1.66 bits per heavy atom. The van der Waals surface area contributed by atoms with Crippen molar-refractivity contribution in [2.75, 3.05) is 6.61 Å². The molecule has 11 nitrogen and oxygen atoms in total. The van der Waals surface area contributed by atoms with Crippen molar-refractivity contribution >= 4 is 37.7 Å². The number of ether oxygens (including phenoxy) is 4. The minimum absolute atomic E-state index is 0.300. The molecule has 29 heavy (non-hydrogen) atoms. The standard InChI is InChI=1S/C16H19N2O9.HI.Zn/c1-8(19)24-7-11-13(25-9(2)20)14(26-10(3)21)15(27-11)18-6-5-12(22)17(4)16(18)23;;/h6,11,13-15H,7H2,1-4H3;1H;/q-1;;+2/p-1/t11-,13-,14-,15-;;/m1../s1. The molecule has 156 valence electrons. The quantitative estimate of drug-likeness (QED) is 0.151. The second-order valence-electron chi connectivity index (χ2n) is 5.84. The molecule has 1 aliphatic rings. The van der Waals surface area contributed by atoms with E-state index in [1.54, 1.807) is 0 Å². The van der Waals surface area contributed by atoms with Crippen LogP contribution in [-0.4, -0.2) is 52.0 Å². The predicted octanol–water partition coefficient (Wildman–Crippen LogP) is -0.446. The predicted molar refractivity (Wildman–Crippen MR) is 100 cm³/mol. The van der Waals surface area contributed by atoms with E-state index in [1.165, 1.54) is 28.8 Å². The molecule has 0 aliphatic carbocycles. The van der Waals surface area contributed by atoms with Gasteiger partial charge in [-0.3, -0.25) is 19.0 Å². The van der Waals surface area contributed by atoms with Crippen molar-refractivity contribution in [1.82, 2.24) is 9.13 Å². The summed E-state index contributed by atoms with van der Waals surface area (Å²) >= 11 is 3.62. The third-order valence-corrected chi connectivity index (χ3v) is 3.75. The molecular weight excluding hydrogens is 556 g/mol. The second-order valence-corrected chi connectivity index (χ2v) is 5.84. The Bertz CT molecular complexity index is 869. The fourth-order valence-electron chi connectivity index (χ4n) is 2.64. The molecule has 1 aromatic rings. The molecule has 1 fully saturated rings. The van der Waals surface area contributed by atoms with Gasteiger partial charge in [0.1, 0.15) is 12.7 Å². The summed E-state index contributed by atoms with van der Waals surface area (Å²) in [7, 11) is 1.24. The molecule has 0 N–H and O–H groups in total. The van der Waals surface area contributed by atoms with Crippen molar-refractivity contribution in [3.63, 3.8) is 0 Å². The summed E-state index contributed by atoms with van der Waals surface area (Å²) in [6.45, 7) is 3.17. The van der Waals surface area contributed by atoms with E-state index >= 15 is 0 Å². The van der Waals surface area contributed by atoms with Crippen LogP contribution in [0.25, 0.3) is 0 Å². The van der Waals surface area contributed by atoms with E-state index in [0.29, 0.717) is 0 Å². The maximum atomic E-state index is 12.4. The average molecular weight is 576 g/mol. The van der Waals surface area contributed by atoms with Gasteiger partial charge >= 0.3 is 58.1 Å². The van der Waals surface area contributed by atoms with Crippen molar-refractivity contribution in [3.8, 4) is 0 Å². The van der Waals surface area contributed by atoms with E-state index in [0.717, 1.165) is 29.2 Å². The van der Waals surface area contributed by atoms with Gasteiger partial charge in [0, 0.05) is 27.8 Å². The number of carbonyl (C=O) groups excluding carboxylic acids is 3. The van der Waals surface area contributed by atoms with E-state index in [-0.39, 0.29) is 6.61 Å². The van der Waals surface area contributed by atoms with Gasteiger partial charge in [0.05, 0.1) is 5.56 Å². The van der Waals surface area contributed by atoms with Gasteiger partial charge in [-0.25, -0.2) is 4.79 Å². The van der Waals surface area contributed by atoms with Crippen LogP contribution in [0.5, 0.6) is 0 Å². The summed E-state index contributed by atoms with van der Waals surface area (Å²) in [6, 6.07) is 2.34. The van der Waals surface area contributed by atoms with Crippen LogP contribution in [0.3, 0.4) is 0 Å². The number of hydrogen-bond acceptors (Lipinski definition) is 9. The number of hydrogen-bond donors (Lipinski definition) is 0. The zero-order chi connectivity index (χ0) is 22.3. The zero-order valence-corrected chi connectivity index (χ0v) is 21.4. The third kappa shape index (κ3) is 6.71.